The van der Waals surface area contributed by atoms with Crippen molar-refractivity contribution >= 4 is 17.7 Å². The van der Waals surface area contributed by atoms with Crippen molar-refractivity contribution in [2.45, 2.75) is 26.3 Å². The van der Waals surface area contributed by atoms with Crippen molar-refractivity contribution in [3.63, 3.8) is 0 Å². The quantitative estimate of drug-likeness (QED) is 0.583. The maximum atomic E-state index is 12.5. The maximum absolute atomic E-state index is 12.5. The smallest absolute Gasteiger partial charge is 0.251 e. The van der Waals surface area contributed by atoms with Gasteiger partial charge in [0, 0.05) is 24.6 Å². The van der Waals surface area contributed by atoms with Gasteiger partial charge >= 0.3 is 0 Å². The normalized spacial score (nSPS) is 11.5. The number of carbonyl (C=O) groups is 3. The highest BCUT2D eigenvalue weighted by molar-refractivity contribution is 5.94. The molecule has 0 aliphatic carbocycles. The van der Waals surface area contributed by atoms with E-state index in [0.717, 1.165) is 5.56 Å². The van der Waals surface area contributed by atoms with Crippen molar-refractivity contribution < 1.29 is 14.4 Å². The van der Waals surface area contributed by atoms with Gasteiger partial charge in [0.1, 0.15) is 0 Å². The number of hydrogen-bond acceptors (Lipinski definition) is 3. The Morgan fingerprint density at radius 3 is 2.00 bits per heavy atom. The Morgan fingerprint density at radius 2 is 1.39 bits per heavy atom. The van der Waals surface area contributed by atoms with Crippen molar-refractivity contribution in [1.29, 1.82) is 0 Å². The first-order valence-electron chi connectivity index (χ1n) is 9.42. The van der Waals surface area contributed by atoms with E-state index in [1.165, 1.54) is 0 Å². The van der Waals surface area contributed by atoms with E-state index in [0.29, 0.717) is 18.7 Å². The zero-order valence-corrected chi connectivity index (χ0v) is 16.3. The fraction of sp³-hybridized carbons (Fsp3) is 0.318. The summed E-state index contributed by atoms with van der Waals surface area (Å²) in [7, 11) is 0. The summed E-state index contributed by atoms with van der Waals surface area (Å²) in [5.41, 5.74) is 1.40. The zero-order valence-electron chi connectivity index (χ0n) is 16.3. The molecule has 2 rings (SSSR count). The van der Waals surface area contributed by atoms with E-state index < -0.39 is 6.04 Å². The van der Waals surface area contributed by atoms with E-state index in [1.807, 2.05) is 50.2 Å². The zero-order chi connectivity index (χ0) is 20.4. The van der Waals surface area contributed by atoms with Crippen molar-refractivity contribution in [2.24, 2.45) is 5.92 Å². The third-order valence-corrected chi connectivity index (χ3v) is 4.20. The molecule has 0 heterocycles. The van der Waals surface area contributed by atoms with Crippen LogP contribution in [0.5, 0.6) is 0 Å². The second kappa shape index (κ2) is 10.9. The summed E-state index contributed by atoms with van der Waals surface area (Å²) < 4.78 is 0. The molecule has 1 unspecified atom stereocenters. The van der Waals surface area contributed by atoms with Gasteiger partial charge in [0.2, 0.25) is 11.8 Å². The molecular formula is C22H27N3O3. The molecule has 3 amide bonds. The standard InChI is InChI=1S/C22H27N3O3/c1-16(2)21(27)24-14-13-23-20(26)15-19(17-9-5-3-6-10-17)25-22(28)18-11-7-4-8-12-18/h3-12,16,19H,13-15H2,1-2H3,(H,23,26)(H,24,27)(H,25,28). The molecule has 6 nitrogen and oxygen atoms in total. The van der Waals surface area contributed by atoms with E-state index in [1.54, 1.807) is 24.3 Å². The Bertz CT molecular complexity index is 776. The molecule has 2 aromatic carbocycles. The molecule has 0 aliphatic rings. The van der Waals surface area contributed by atoms with Crippen LogP contribution in [0.15, 0.2) is 60.7 Å². The van der Waals surface area contributed by atoms with Crippen LogP contribution in [0.1, 0.15) is 42.2 Å². The van der Waals surface area contributed by atoms with Crippen LogP contribution in [-0.4, -0.2) is 30.8 Å². The minimum Gasteiger partial charge on any atom is -0.354 e. The van der Waals surface area contributed by atoms with Crippen LogP contribution in [0.3, 0.4) is 0 Å². The van der Waals surface area contributed by atoms with Crippen LogP contribution in [0.2, 0.25) is 0 Å². The van der Waals surface area contributed by atoms with Gasteiger partial charge in [-0.05, 0) is 17.7 Å². The summed E-state index contributed by atoms with van der Waals surface area (Å²) in [6.07, 6.45) is 0.112. The van der Waals surface area contributed by atoms with E-state index in [-0.39, 0.29) is 30.1 Å². The van der Waals surface area contributed by atoms with E-state index in [9.17, 15) is 14.4 Å². The summed E-state index contributed by atoms with van der Waals surface area (Å²) in [6, 6.07) is 17.8. The highest BCUT2D eigenvalue weighted by atomic mass is 16.2. The lowest BCUT2D eigenvalue weighted by molar-refractivity contribution is -0.124. The lowest BCUT2D eigenvalue weighted by Gasteiger charge is -2.19. The number of amides is 3. The van der Waals surface area contributed by atoms with E-state index in [2.05, 4.69) is 16.0 Å². The molecule has 2 aromatic rings. The van der Waals surface area contributed by atoms with Gasteiger partial charge in [-0.25, -0.2) is 0 Å². The highest BCUT2D eigenvalue weighted by Gasteiger charge is 2.19. The minimum absolute atomic E-state index is 0.0495. The molecule has 28 heavy (non-hydrogen) atoms. The molecule has 3 N–H and O–H groups in total. The average Bonchev–Trinajstić information content (AvgIpc) is 2.71. The molecule has 6 heteroatoms. The van der Waals surface area contributed by atoms with Crippen LogP contribution in [0.4, 0.5) is 0 Å². The molecular weight excluding hydrogens is 354 g/mol. The third kappa shape index (κ3) is 6.87. The summed E-state index contributed by atoms with van der Waals surface area (Å²) in [4.78, 5) is 36.4. The Kier molecular flexibility index (Phi) is 8.21. The fourth-order valence-corrected chi connectivity index (χ4v) is 2.62. The Labute approximate surface area is 165 Å². The number of benzene rings is 2. The molecule has 0 aliphatic heterocycles. The second-order valence-corrected chi connectivity index (χ2v) is 6.80. The first kappa shape index (κ1) is 21.2. The third-order valence-electron chi connectivity index (χ3n) is 4.20. The number of nitrogens with one attached hydrogen (secondary N) is 3. The Hall–Kier alpha value is -3.15. The van der Waals surface area contributed by atoms with Crippen LogP contribution < -0.4 is 16.0 Å². The lowest BCUT2D eigenvalue weighted by Crippen LogP contribution is -2.38. The van der Waals surface area contributed by atoms with Gasteiger partial charge in [0.15, 0.2) is 0 Å². The first-order valence-corrected chi connectivity index (χ1v) is 9.42. The van der Waals surface area contributed by atoms with Gasteiger partial charge in [0.25, 0.3) is 5.91 Å². The molecule has 0 spiro atoms. The minimum atomic E-state index is -0.445. The predicted octanol–water partition coefficient (Wildman–Crippen LogP) is 2.44. The van der Waals surface area contributed by atoms with Gasteiger partial charge in [-0.15, -0.1) is 0 Å². The molecule has 0 aromatic heterocycles. The van der Waals surface area contributed by atoms with E-state index >= 15 is 0 Å². The topological polar surface area (TPSA) is 87.3 Å². The van der Waals surface area contributed by atoms with Crippen LogP contribution >= 0.6 is 0 Å². The Balaban J connectivity index is 1.94. The number of carbonyl (C=O) groups excluding carboxylic acids is 3. The first-order chi connectivity index (χ1) is 13.5. The summed E-state index contributed by atoms with van der Waals surface area (Å²) in [6.45, 7) is 4.34. The SMILES string of the molecule is CC(C)C(=O)NCCNC(=O)CC(NC(=O)c1ccccc1)c1ccccc1. The number of hydrogen-bond donors (Lipinski definition) is 3. The highest BCUT2D eigenvalue weighted by Crippen LogP contribution is 2.17. The summed E-state index contributed by atoms with van der Waals surface area (Å²) in [5.74, 6) is -0.564. The van der Waals surface area contributed by atoms with Crippen molar-refractivity contribution in [2.75, 3.05) is 13.1 Å². The van der Waals surface area contributed by atoms with E-state index in [4.69, 9.17) is 0 Å². The largest absolute Gasteiger partial charge is 0.354 e. The predicted molar refractivity (Wildman–Crippen MR) is 109 cm³/mol. The molecule has 0 saturated carbocycles. The molecule has 0 saturated heterocycles. The van der Waals surface area contributed by atoms with Crippen LogP contribution in [-0.2, 0) is 9.59 Å². The van der Waals surface area contributed by atoms with Gasteiger partial charge in [-0.3, -0.25) is 14.4 Å². The van der Waals surface area contributed by atoms with Gasteiger partial charge in [0.05, 0.1) is 12.5 Å². The van der Waals surface area contributed by atoms with Crippen LogP contribution in [0.25, 0.3) is 0 Å². The maximum Gasteiger partial charge on any atom is 0.251 e. The fourth-order valence-electron chi connectivity index (χ4n) is 2.62. The van der Waals surface area contributed by atoms with Gasteiger partial charge in [-0.1, -0.05) is 62.4 Å². The Morgan fingerprint density at radius 1 is 0.821 bits per heavy atom. The second-order valence-electron chi connectivity index (χ2n) is 6.80. The molecule has 1 atom stereocenters. The van der Waals surface area contributed by atoms with Crippen molar-refractivity contribution in [3.8, 4) is 0 Å². The van der Waals surface area contributed by atoms with Crippen LogP contribution in [0, 0.1) is 5.92 Å². The van der Waals surface area contributed by atoms with Gasteiger partial charge < -0.3 is 16.0 Å². The van der Waals surface area contributed by atoms with Crippen molar-refractivity contribution in [3.05, 3.63) is 71.8 Å². The average molecular weight is 381 g/mol. The van der Waals surface area contributed by atoms with Crippen molar-refractivity contribution in [1.82, 2.24) is 16.0 Å². The van der Waals surface area contributed by atoms with Gasteiger partial charge in [-0.2, -0.15) is 0 Å². The number of rotatable bonds is 9. The summed E-state index contributed by atoms with van der Waals surface area (Å²) in [5, 5.41) is 8.47. The molecule has 148 valence electrons. The molecule has 0 fully saturated rings. The summed E-state index contributed by atoms with van der Waals surface area (Å²) >= 11 is 0. The monoisotopic (exact) mass is 381 g/mol. The molecule has 0 bridgehead atoms. The lowest BCUT2D eigenvalue weighted by atomic mass is 10.0. The molecule has 0 radical (unpaired) electrons.